The first-order valence-corrected chi connectivity index (χ1v) is 10.8. The fourth-order valence-corrected chi connectivity index (χ4v) is 4.87. The molecule has 5 rings (SSSR count). The molecule has 3 aromatic rings. The average Bonchev–Trinajstić information content (AvgIpc) is 3.04. The quantitative estimate of drug-likeness (QED) is 0.565. The van der Waals surface area contributed by atoms with Gasteiger partial charge in [0.1, 0.15) is 5.82 Å². The van der Waals surface area contributed by atoms with E-state index in [9.17, 15) is 9.90 Å². The average molecular weight is 433 g/mol. The molecule has 3 aromatic heterocycles. The first-order chi connectivity index (χ1) is 15.3. The number of nitrogens with one attached hydrogen (secondary N) is 1. The van der Waals surface area contributed by atoms with Crippen LogP contribution in [0.25, 0.3) is 22.5 Å². The topological polar surface area (TPSA) is 109 Å². The van der Waals surface area contributed by atoms with Gasteiger partial charge in [-0.05, 0) is 42.2 Å². The molecule has 0 bridgehead atoms. The molecular formula is C24H28N6O2. The van der Waals surface area contributed by atoms with Gasteiger partial charge in [-0.2, -0.15) is 0 Å². The van der Waals surface area contributed by atoms with E-state index in [0.717, 1.165) is 51.6 Å². The van der Waals surface area contributed by atoms with Gasteiger partial charge in [-0.15, -0.1) is 0 Å². The van der Waals surface area contributed by atoms with Gasteiger partial charge in [-0.1, -0.05) is 0 Å². The number of rotatable bonds is 5. The van der Waals surface area contributed by atoms with Gasteiger partial charge in [0.25, 0.3) is 0 Å². The van der Waals surface area contributed by atoms with Crippen molar-refractivity contribution in [3.63, 3.8) is 0 Å². The van der Waals surface area contributed by atoms with E-state index in [0.29, 0.717) is 31.5 Å². The number of fused-ring (bicyclic) bond motifs is 3. The molecule has 2 aliphatic rings. The first kappa shape index (κ1) is 20.7. The first-order valence-electron chi connectivity index (χ1n) is 10.8. The lowest BCUT2D eigenvalue weighted by atomic mass is 9.85. The summed E-state index contributed by atoms with van der Waals surface area (Å²) in [6.45, 7) is 1.39. The lowest BCUT2D eigenvalue weighted by molar-refractivity contribution is 0.0693. The third-order valence-corrected chi connectivity index (χ3v) is 6.69. The van der Waals surface area contributed by atoms with E-state index < -0.39 is 11.5 Å². The van der Waals surface area contributed by atoms with Crippen LogP contribution in [0.3, 0.4) is 0 Å². The molecule has 4 N–H and O–H groups in total. The predicted molar refractivity (Wildman–Crippen MR) is 124 cm³/mol. The molecule has 1 aliphatic carbocycles. The number of carboxylic acid groups (broad SMARTS) is 1. The highest BCUT2D eigenvalue weighted by Crippen LogP contribution is 2.40. The van der Waals surface area contributed by atoms with Gasteiger partial charge in [0, 0.05) is 75.4 Å². The number of pyridine rings is 2. The highest BCUT2D eigenvalue weighted by Gasteiger charge is 2.38. The molecule has 1 fully saturated rings. The zero-order valence-electron chi connectivity index (χ0n) is 18.6. The summed E-state index contributed by atoms with van der Waals surface area (Å²) in [5, 5.41) is 13.3. The maximum Gasteiger partial charge on any atom is 0.337 e. The fraction of sp³-hybridized carbons (Fsp3) is 0.375. The molecular weight excluding hydrogens is 404 g/mol. The van der Waals surface area contributed by atoms with Crippen LogP contribution in [-0.4, -0.2) is 58.3 Å². The van der Waals surface area contributed by atoms with Crippen molar-refractivity contribution in [3.8, 4) is 22.5 Å². The number of hydrogen-bond acceptors (Lipinski definition) is 6. The van der Waals surface area contributed by atoms with Crippen molar-refractivity contribution in [2.24, 2.45) is 12.8 Å². The molecule has 8 heteroatoms. The van der Waals surface area contributed by atoms with E-state index in [1.54, 1.807) is 0 Å². The number of aryl methyl sites for hydroxylation is 1. The number of nitrogens with zero attached hydrogens (tertiary/aromatic N) is 4. The van der Waals surface area contributed by atoms with Crippen LogP contribution in [0.1, 0.15) is 27.2 Å². The largest absolute Gasteiger partial charge is 0.478 e. The summed E-state index contributed by atoms with van der Waals surface area (Å²) in [7, 11) is 5.87. The van der Waals surface area contributed by atoms with Crippen molar-refractivity contribution in [1.29, 1.82) is 0 Å². The van der Waals surface area contributed by atoms with Crippen LogP contribution in [0.15, 0.2) is 30.6 Å². The summed E-state index contributed by atoms with van der Waals surface area (Å²) in [6, 6.07) is 6.05. The number of aromatic nitrogens is 3. The van der Waals surface area contributed by atoms with Crippen LogP contribution < -0.4 is 16.0 Å². The van der Waals surface area contributed by atoms with Gasteiger partial charge in [-0.25, -0.2) is 9.78 Å². The summed E-state index contributed by atoms with van der Waals surface area (Å²) < 4.78 is 2.04. The third kappa shape index (κ3) is 3.27. The summed E-state index contributed by atoms with van der Waals surface area (Å²) in [4.78, 5) is 23.4. The Hall–Kier alpha value is -3.23. The molecule has 1 saturated heterocycles. The molecule has 0 spiro atoms. The Morgan fingerprint density at radius 3 is 2.62 bits per heavy atom. The van der Waals surface area contributed by atoms with E-state index in [2.05, 4.69) is 21.4 Å². The molecule has 0 saturated carbocycles. The Labute approximate surface area is 187 Å². The van der Waals surface area contributed by atoms with Crippen molar-refractivity contribution >= 4 is 11.8 Å². The lowest BCUT2D eigenvalue weighted by Gasteiger charge is -2.39. The van der Waals surface area contributed by atoms with Gasteiger partial charge >= 0.3 is 5.97 Å². The number of carbonyl (C=O) groups is 1. The van der Waals surface area contributed by atoms with E-state index >= 15 is 0 Å². The number of hydrogen-bond donors (Lipinski definition) is 3. The fourth-order valence-electron chi connectivity index (χ4n) is 4.87. The minimum atomic E-state index is -0.881. The third-order valence-electron chi connectivity index (χ3n) is 6.69. The van der Waals surface area contributed by atoms with Crippen molar-refractivity contribution in [1.82, 2.24) is 19.9 Å². The summed E-state index contributed by atoms with van der Waals surface area (Å²) >= 11 is 0. The number of carboxylic acids is 1. The molecule has 0 unspecified atom stereocenters. The molecule has 4 heterocycles. The Morgan fingerprint density at radius 2 is 2.03 bits per heavy atom. The van der Waals surface area contributed by atoms with Gasteiger partial charge in [-0.3, -0.25) is 4.98 Å². The number of aromatic carboxylic acids is 1. The van der Waals surface area contributed by atoms with Crippen LogP contribution in [0.5, 0.6) is 0 Å². The molecule has 166 valence electrons. The van der Waals surface area contributed by atoms with Crippen molar-refractivity contribution < 1.29 is 9.90 Å². The summed E-state index contributed by atoms with van der Waals surface area (Å²) in [6.07, 6.45) is 5.74. The minimum Gasteiger partial charge on any atom is -0.478 e. The van der Waals surface area contributed by atoms with Crippen molar-refractivity contribution in [2.75, 3.05) is 32.1 Å². The van der Waals surface area contributed by atoms with Gasteiger partial charge in [0.15, 0.2) is 0 Å². The maximum absolute atomic E-state index is 12.3. The Bertz CT molecular complexity index is 1210. The van der Waals surface area contributed by atoms with Crippen molar-refractivity contribution in [3.05, 3.63) is 53.0 Å². The number of nitrogens with two attached hydrogens (primary N) is 1. The summed E-state index contributed by atoms with van der Waals surface area (Å²) in [5.74, 6) is 0.00214. The van der Waals surface area contributed by atoms with Crippen LogP contribution in [0.4, 0.5) is 5.82 Å². The van der Waals surface area contributed by atoms with Gasteiger partial charge < -0.3 is 25.6 Å². The number of anilines is 1. The second-order valence-electron chi connectivity index (χ2n) is 9.18. The summed E-state index contributed by atoms with van der Waals surface area (Å²) in [5.41, 5.74) is 13.1. The van der Waals surface area contributed by atoms with E-state index in [-0.39, 0.29) is 0 Å². The second-order valence-corrected chi connectivity index (χ2v) is 9.18. The molecule has 1 aliphatic heterocycles. The Morgan fingerprint density at radius 1 is 1.25 bits per heavy atom. The van der Waals surface area contributed by atoms with Gasteiger partial charge in [0.2, 0.25) is 0 Å². The Kier molecular flexibility index (Phi) is 4.79. The smallest absolute Gasteiger partial charge is 0.337 e. The normalized spacial score (nSPS) is 16.1. The van der Waals surface area contributed by atoms with Crippen LogP contribution in [-0.2, 0) is 26.3 Å². The maximum atomic E-state index is 12.3. The molecule has 0 radical (unpaired) electrons. The van der Waals surface area contributed by atoms with Crippen molar-refractivity contribution in [2.45, 2.75) is 24.8 Å². The van der Waals surface area contributed by atoms with Crippen LogP contribution in [0, 0.1) is 0 Å². The monoisotopic (exact) mass is 432 g/mol. The van der Waals surface area contributed by atoms with Crippen LogP contribution >= 0.6 is 0 Å². The SMILES string of the molecule is CN(C)c1ccc(-c2cc3c(cn2)CCc2c(C(=O)O)c(CC4(N)CNC4)n(C)c2-3)cn1. The van der Waals surface area contributed by atoms with Crippen LogP contribution in [0.2, 0.25) is 0 Å². The molecule has 8 nitrogen and oxygen atoms in total. The van der Waals surface area contributed by atoms with E-state index in [4.69, 9.17) is 5.73 Å². The highest BCUT2D eigenvalue weighted by atomic mass is 16.4. The lowest BCUT2D eigenvalue weighted by Crippen LogP contribution is -2.67. The standard InChI is InChI=1S/C24H28N6O2/c1-29(2)20-7-5-15(11-28-20)18-8-17-14(10-27-18)4-6-16-21(23(31)32)19(30(3)22(16)17)9-24(25)12-26-13-24/h5,7-8,10-11,26H,4,6,9,12-13,25H2,1-3H3,(H,31,32). The predicted octanol–water partition coefficient (Wildman–Crippen LogP) is 1.86. The van der Waals surface area contributed by atoms with E-state index in [1.807, 2.05) is 55.1 Å². The molecule has 0 amide bonds. The molecule has 32 heavy (non-hydrogen) atoms. The highest BCUT2D eigenvalue weighted by molar-refractivity contribution is 5.95. The zero-order valence-corrected chi connectivity index (χ0v) is 18.6. The Balaban J connectivity index is 1.62. The zero-order chi connectivity index (χ0) is 22.6. The van der Waals surface area contributed by atoms with Gasteiger partial charge in [0.05, 0.1) is 17.0 Å². The second kappa shape index (κ2) is 7.43. The minimum absolute atomic E-state index is 0.398. The van der Waals surface area contributed by atoms with E-state index in [1.165, 1.54) is 0 Å². The molecule has 0 aromatic carbocycles. The molecule has 0 atom stereocenters.